The summed E-state index contributed by atoms with van der Waals surface area (Å²) in [5.41, 5.74) is 2.34. The van der Waals surface area contributed by atoms with Crippen LogP contribution in [0, 0.1) is 17.2 Å². The SMILES string of the molecule is CN1C[C@@H]2CCN(C(=O)C(=O)Nc3ccc4[nH]cc(CC#N)c4c3)[C@@H]2C1. The summed E-state index contributed by atoms with van der Waals surface area (Å²) in [5, 5.41) is 12.5. The van der Waals surface area contributed by atoms with E-state index in [1.54, 1.807) is 23.2 Å². The highest BCUT2D eigenvalue weighted by molar-refractivity contribution is 6.39. The maximum atomic E-state index is 12.6. The van der Waals surface area contributed by atoms with Gasteiger partial charge in [-0.25, -0.2) is 0 Å². The number of fused-ring (bicyclic) bond motifs is 2. The number of rotatable bonds is 2. The number of amides is 2. The first kappa shape index (κ1) is 16.6. The summed E-state index contributed by atoms with van der Waals surface area (Å²) in [6.07, 6.45) is 3.05. The molecular weight excluding hydrogens is 330 g/mol. The molecule has 2 aliphatic heterocycles. The molecule has 7 nitrogen and oxygen atoms in total. The van der Waals surface area contributed by atoms with Crippen molar-refractivity contribution in [1.82, 2.24) is 14.8 Å². The molecule has 2 atom stereocenters. The average Bonchev–Trinajstić information content (AvgIpc) is 3.29. The van der Waals surface area contributed by atoms with Gasteiger partial charge in [-0.1, -0.05) is 0 Å². The normalized spacial score (nSPS) is 22.4. The van der Waals surface area contributed by atoms with Crippen LogP contribution < -0.4 is 5.32 Å². The summed E-state index contributed by atoms with van der Waals surface area (Å²) in [6, 6.07) is 7.68. The van der Waals surface area contributed by atoms with Gasteiger partial charge in [-0.15, -0.1) is 0 Å². The molecule has 0 bridgehead atoms. The zero-order valence-electron chi connectivity index (χ0n) is 14.7. The number of anilines is 1. The summed E-state index contributed by atoms with van der Waals surface area (Å²) in [4.78, 5) is 32.1. The summed E-state index contributed by atoms with van der Waals surface area (Å²) in [6.45, 7) is 2.47. The lowest BCUT2D eigenvalue weighted by atomic mass is 10.1. The summed E-state index contributed by atoms with van der Waals surface area (Å²) in [5.74, 6) is -0.586. The van der Waals surface area contributed by atoms with Crippen LogP contribution in [0.4, 0.5) is 5.69 Å². The van der Waals surface area contributed by atoms with Crippen molar-refractivity contribution in [2.45, 2.75) is 18.9 Å². The molecule has 134 valence electrons. The molecule has 4 rings (SSSR count). The van der Waals surface area contributed by atoms with E-state index in [9.17, 15) is 9.59 Å². The van der Waals surface area contributed by atoms with Crippen molar-refractivity contribution in [3.8, 4) is 6.07 Å². The van der Waals surface area contributed by atoms with Crippen LogP contribution in [-0.2, 0) is 16.0 Å². The molecule has 1 aromatic heterocycles. The van der Waals surface area contributed by atoms with Gasteiger partial charge in [-0.2, -0.15) is 5.26 Å². The Morgan fingerprint density at radius 3 is 3.04 bits per heavy atom. The Hall–Kier alpha value is -2.85. The molecule has 0 aliphatic carbocycles. The molecule has 1 aromatic carbocycles. The minimum atomic E-state index is -0.600. The Balaban J connectivity index is 1.49. The van der Waals surface area contributed by atoms with Gasteiger partial charge in [0.25, 0.3) is 0 Å². The Bertz CT molecular complexity index is 912. The van der Waals surface area contributed by atoms with Crippen LogP contribution in [0.5, 0.6) is 0 Å². The van der Waals surface area contributed by atoms with Crippen molar-refractivity contribution in [2.75, 3.05) is 32.0 Å². The summed E-state index contributed by atoms with van der Waals surface area (Å²) in [7, 11) is 2.05. The third-order valence-electron chi connectivity index (χ3n) is 5.48. The predicted molar refractivity (Wildman–Crippen MR) is 97.4 cm³/mol. The van der Waals surface area contributed by atoms with Crippen LogP contribution in [-0.4, -0.2) is 59.3 Å². The second kappa shape index (κ2) is 6.46. The second-order valence-corrected chi connectivity index (χ2v) is 7.20. The third-order valence-corrected chi connectivity index (χ3v) is 5.48. The molecule has 0 spiro atoms. The Morgan fingerprint density at radius 2 is 2.23 bits per heavy atom. The number of carbonyl (C=O) groups is 2. The number of carbonyl (C=O) groups excluding carboxylic acids is 2. The van der Waals surface area contributed by atoms with Crippen LogP contribution >= 0.6 is 0 Å². The third kappa shape index (κ3) is 2.82. The van der Waals surface area contributed by atoms with Gasteiger partial charge in [-0.3, -0.25) is 9.59 Å². The molecule has 7 heteroatoms. The van der Waals surface area contributed by atoms with Crippen molar-refractivity contribution in [1.29, 1.82) is 5.26 Å². The predicted octanol–water partition coefficient (Wildman–Crippen LogP) is 1.33. The van der Waals surface area contributed by atoms with Crippen molar-refractivity contribution in [2.24, 2.45) is 5.92 Å². The van der Waals surface area contributed by atoms with E-state index in [1.807, 2.05) is 13.1 Å². The number of nitrogens with one attached hydrogen (secondary N) is 2. The van der Waals surface area contributed by atoms with E-state index in [2.05, 4.69) is 21.3 Å². The first-order valence-corrected chi connectivity index (χ1v) is 8.84. The minimum absolute atomic E-state index is 0.146. The fraction of sp³-hybridized carbons (Fsp3) is 0.421. The minimum Gasteiger partial charge on any atom is -0.361 e. The lowest BCUT2D eigenvalue weighted by molar-refractivity contribution is -0.143. The molecule has 0 unspecified atom stereocenters. The number of likely N-dealkylation sites (N-methyl/N-ethyl adjacent to an activating group) is 1. The smallest absolute Gasteiger partial charge is 0.313 e. The molecule has 2 amide bonds. The molecule has 2 N–H and O–H groups in total. The van der Waals surface area contributed by atoms with E-state index in [4.69, 9.17) is 5.26 Å². The van der Waals surface area contributed by atoms with Crippen LogP contribution in [0.1, 0.15) is 12.0 Å². The van der Waals surface area contributed by atoms with E-state index in [0.717, 1.165) is 36.0 Å². The number of hydrogen-bond donors (Lipinski definition) is 2. The number of H-pyrrole nitrogens is 1. The number of benzene rings is 1. The summed E-state index contributed by atoms with van der Waals surface area (Å²) >= 11 is 0. The summed E-state index contributed by atoms with van der Waals surface area (Å²) < 4.78 is 0. The fourth-order valence-corrected chi connectivity index (χ4v) is 4.23. The van der Waals surface area contributed by atoms with Crippen molar-refractivity contribution >= 4 is 28.4 Å². The van der Waals surface area contributed by atoms with Crippen LogP contribution in [0.15, 0.2) is 24.4 Å². The highest BCUT2D eigenvalue weighted by Crippen LogP contribution is 2.31. The van der Waals surface area contributed by atoms with Gasteiger partial charge in [0.2, 0.25) is 0 Å². The van der Waals surface area contributed by atoms with Crippen LogP contribution in [0.25, 0.3) is 10.9 Å². The van der Waals surface area contributed by atoms with E-state index in [0.29, 0.717) is 24.6 Å². The topological polar surface area (TPSA) is 92.2 Å². The largest absolute Gasteiger partial charge is 0.361 e. The highest BCUT2D eigenvalue weighted by Gasteiger charge is 2.43. The molecule has 3 heterocycles. The molecule has 2 fully saturated rings. The van der Waals surface area contributed by atoms with Gasteiger partial charge in [0.1, 0.15) is 0 Å². The van der Waals surface area contributed by atoms with Gasteiger partial charge in [0.15, 0.2) is 0 Å². The fourth-order valence-electron chi connectivity index (χ4n) is 4.23. The van der Waals surface area contributed by atoms with Crippen LogP contribution in [0.2, 0.25) is 0 Å². The number of nitrogens with zero attached hydrogens (tertiary/aromatic N) is 3. The lowest BCUT2D eigenvalue weighted by Gasteiger charge is -2.23. The zero-order chi connectivity index (χ0) is 18.3. The number of likely N-dealkylation sites (tertiary alicyclic amines) is 2. The molecular formula is C19H21N5O2. The lowest BCUT2D eigenvalue weighted by Crippen LogP contribution is -2.44. The maximum Gasteiger partial charge on any atom is 0.313 e. The monoisotopic (exact) mass is 351 g/mol. The van der Waals surface area contributed by atoms with E-state index in [1.165, 1.54) is 0 Å². The first-order valence-electron chi connectivity index (χ1n) is 8.84. The Morgan fingerprint density at radius 1 is 1.38 bits per heavy atom. The first-order chi connectivity index (χ1) is 12.6. The molecule has 26 heavy (non-hydrogen) atoms. The van der Waals surface area contributed by atoms with E-state index in [-0.39, 0.29) is 6.04 Å². The number of hydrogen-bond acceptors (Lipinski definition) is 4. The molecule has 0 saturated carbocycles. The van der Waals surface area contributed by atoms with Crippen molar-refractivity contribution < 1.29 is 9.59 Å². The van der Waals surface area contributed by atoms with E-state index >= 15 is 0 Å². The second-order valence-electron chi connectivity index (χ2n) is 7.20. The van der Waals surface area contributed by atoms with Crippen molar-refractivity contribution in [3.05, 3.63) is 30.0 Å². The van der Waals surface area contributed by atoms with Gasteiger partial charge < -0.3 is 20.1 Å². The average molecular weight is 351 g/mol. The van der Waals surface area contributed by atoms with Gasteiger partial charge >= 0.3 is 11.8 Å². The molecule has 2 aliphatic rings. The van der Waals surface area contributed by atoms with Crippen LogP contribution in [0.3, 0.4) is 0 Å². The molecule has 2 aromatic rings. The number of nitriles is 1. The van der Waals surface area contributed by atoms with Gasteiger partial charge in [0, 0.05) is 48.5 Å². The number of aromatic nitrogens is 1. The standard InChI is InChI=1S/C19H21N5O2/c1-23-10-13-5-7-24(17(13)11-23)19(26)18(25)22-14-2-3-16-15(8-14)12(4-6-20)9-21-16/h2-3,8-9,13,17,21H,4-5,7,10-11H2,1H3,(H,22,25)/t13-,17+/m0/s1. The Kier molecular flexibility index (Phi) is 4.13. The zero-order valence-corrected chi connectivity index (χ0v) is 14.7. The van der Waals surface area contributed by atoms with E-state index < -0.39 is 11.8 Å². The highest BCUT2D eigenvalue weighted by atomic mass is 16.2. The quantitative estimate of drug-likeness (QED) is 0.799. The maximum absolute atomic E-state index is 12.6. The number of aromatic amines is 1. The Labute approximate surface area is 151 Å². The van der Waals surface area contributed by atoms with Gasteiger partial charge in [-0.05, 0) is 43.1 Å². The molecule has 2 saturated heterocycles. The van der Waals surface area contributed by atoms with Gasteiger partial charge in [0.05, 0.1) is 12.5 Å². The van der Waals surface area contributed by atoms with Crippen molar-refractivity contribution in [3.63, 3.8) is 0 Å². The molecule has 0 radical (unpaired) electrons.